The number of methoxy groups -OCH3 is 2. The molecule has 0 aromatic heterocycles. The van der Waals surface area contributed by atoms with Crippen molar-refractivity contribution in [1.29, 1.82) is 0 Å². The molecule has 0 saturated heterocycles. The van der Waals surface area contributed by atoms with E-state index in [1.165, 1.54) is 12.2 Å². The highest BCUT2D eigenvalue weighted by atomic mass is 35.5. The lowest BCUT2D eigenvalue weighted by Crippen LogP contribution is -2.13. The van der Waals surface area contributed by atoms with Crippen molar-refractivity contribution >= 4 is 11.6 Å². The third kappa shape index (κ3) is 7.86. The number of hydrogen-bond acceptors (Lipinski definition) is 2. The predicted octanol–water partition coefficient (Wildman–Crippen LogP) is 6.91. The average molecular weight is 379 g/mol. The van der Waals surface area contributed by atoms with Crippen molar-refractivity contribution in [2.24, 2.45) is 0 Å². The Hall–Kier alpha value is -1.62. The summed E-state index contributed by atoms with van der Waals surface area (Å²) in [4.78, 5) is 0. The van der Waals surface area contributed by atoms with Crippen molar-refractivity contribution in [2.75, 3.05) is 14.2 Å². The molecule has 1 aromatic rings. The van der Waals surface area contributed by atoms with Gasteiger partial charge < -0.3 is 9.47 Å². The van der Waals surface area contributed by atoms with Gasteiger partial charge in [0.1, 0.15) is 16.5 Å². The average Bonchev–Trinajstić information content (AvgIpc) is 2.58. The van der Waals surface area contributed by atoms with Crippen molar-refractivity contribution in [3.8, 4) is 11.5 Å². The van der Waals surface area contributed by atoms with Gasteiger partial charge in [0.2, 0.25) is 0 Å². The van der Waals surface area contributed by atoms with Crippen molar-refractivity contribution in [3.05, 3.63) is 46.0 Å². The fourth-order valence-corrected chi connectivity index (χ4v) is 2.24. The van der Waals surface area contributed by atoms with Crippen LogP contribution >= 0.6 is 11.6 Å². The maximum atomic E-state index is 12.0. The second kappa shape index (κ2) is 11.1. The zero-order chi connectivity index (χ0) is 19.6. The van der Waals surface area contributed by atoms with Gasteiger partial charge in [-0.05, 0) is 44.4 Å². The summed E-state index contributed by atoms with van der Waals surface area (Å²) < 4.78 is 46.0. The molecule has 0 aliphatic heterocycles. The molecule has 142 valence electrons. The fourth-order valence-electron chi connectivity index (χ4n) is 1.98. The molecular weight excluding hydrogens is 353 g/mol. The first kappa shape index (κ1) is 23.4. The summed E-state index contributed by atoms with van der Waals surface area (Å²) in [6, 6.07) is 3.73. The minimum absolute atomic E-state index is 0.131. The van der Waals surface area contributed by atoms with E-state index >= 15 is 0 Å². The van der Waals surface area contributed by atoms with Gasteiger partial charge in [-0.1, -0.05) is 43.2 Å². The predicted molar refractivity (Wildman–Crippen MR) is 97.8 cm³/mol. The lowest BCUT2D eigenvalue weighted by atomic mass is 9.99. The van der Waals surface area contributed by atoms with Crippen molar-refractivity contribution < 1.29 is 22.6 Å². The van der Waals surface area contributed by atoms with E-state index in [0.29, 0.717) is 22.9 Å². The normalized spacial score (nSPS) is 13.4. The lowest BCUT2D eigenvalue weighted by Gasteiger charge is -2.14. The molecule has 1 aromatic carbocycles. The molecule has 1 aliphatic carbocycles. The Morgan fingerprint density at radius 2 is 1.40 bits per heavy atom. The van der Waals surface area contributed by atoms with Crippen LogP contribution in [0, 0.1) is 6.92 Å². The highest BCUT2D eigenvalue weighted by Crippen LogP contribution is 2.35. The smallest absolute Gasteiger partial charge is 0.412 e. The molecule has 0 bridgehead atoms. The van der Waals surface area contributed by atoms with E-state index in [0.717, 1.165) is 11.1 Å². The summed E-state index contributed by atoms with van der Waals surface area (Å²) in [5.41, 5.74) is 1.66. The second-order valence-corrected chi connectivity index (χ2v) is 5.56. The Morgan fingerprint density at radius 1 is 0.920 bits per heavy atom. The first-order chi connectivity index (χ1) is 11.7. The first-order valence-corrected chi connectivity index (χ1v) is 8.38. The molecule has 2 rings (SSSR count). The molecule has 0 saturated carbocycles. The molecule has 0 unspecified atom stereocenters. The van der Waals surface area contributed by atoms with Gasteiger partial charge in [0.05, 0.1) is 14.2 Å². The Balaban J connectivity index is 0.000000421. The molecule has 0 N–H and O–H groups in total. The highest BCUT2D eigenvalue weighted by Gasteiger charge is 2.33. The first-order valence-electron chi connectivity index (χ1n) is 8.00. The topological polar surface area (TPSA) is 18.5 Å². The Labute approximate surface area is 153 Å². The van der Waals surface area contributed by atoms with Crippen molar-refractivity contribution in [3.63, 3.8) is 0 Å². The summed E-state index contributed by atoms with van der Waals surface area (Å²) in [6.45, 7) is 7.80. The van der Waals surface area contributed by atoms with Gasteiger partial charge in [0.25, 0.3) is 0 Å². The fraction of sp³-hybridized carbons (Fsp3) is 0.474. The number of ether oxygens (including phenoxy) is 2. The molecule has 0 spiro atoms. The van der Waals surface area contributed by atoms with Crippen LogP contribution in [0.5, 0.6) is 11.5 Å². The third-order valence-corrected chi connectivity index (χ3v) is 3.68. The summed E-state index contributed by atoms with van der Waals surface area (Å²) >= 11 is 5.93. The van der Waals surface area contributed by atoms with Gasteiger partial charge in [0.15, 0.2) is 0 Å². The minimum atomic E-state index is -4.13. The van der Waals surface area contributed by atoms with Gasteiger partial charge in [0, 0.05) is 5.57 Å². The van der Waals surface area contributed by atoms with E-state index in [-0.39, 0.29) is 6.42 Å². The van der Waals surface area contributed by atoms with Crippen LogP contribution in [-0.4, -0.2) is 20.4 Å². The number of rotatable bonds is 2. The molecule has 0 fully saturated rings. The van der Waals surface area contributed by atoms with Crippen LogP contribution in [0.1, 0.15) is 39.2 Å². The van der Waals surface area contributed by atoms with Gasteiger partial charge in [-0.25, -0.2) is 0 Å². The third-order valence-electron chi connectivity index (χ3n) is 3.31. The molecular formula is C19H26ClF3O2. The Morgan fingerprint density at radius 3 is 1.72 bits per heavy atom. The molecule has 25 heavy (non-hydrogen) atoms. The molecule has 0 radical (unpaired) electrons. The van der Waals surface area contributed by atoms with E-state index < -0.39 is 11.7 Å². The van der Waals surface area contributed by atoms with Crippen LogP contribution in [0.15, 0.2) is 35.4 Å². The van der Waals surface area contributed by atoms with Crippen molar-refractivity contribution in [1.82, 2.24) is 0 Å². The Bertz CT molecular complexity index is 580. The Kier molecular flexibility index (Phi) is 10.4. The maximum absolute atomic E-state index is 12.0. The van der Waals surface area contributed by atoms with Crippen molar-refractivity contribution in [2.45, 2.75) is 46.7 Å². The summed E-state index contributed by atoms with van der Waals surface area (Å²) in [5, 5.41) is 0.519. The highest BCUT2D eigenvalue weighted by molar-refractivity contribution is 6.33. The molecule has 0 atom stereocenters. The van der Waals surface area contributed by atoms with Gasteiger partial charge in [-0.3, -0.25) is 0 Å². The molecule has 0 amide bonds. The quantitative estimate of drug-likeness (QED) is 0.556. The molecule has 2 nitrogen and oxygen atoms in total. The van der Waals surface area contributed by atoms with E-state index in [1.807, 2.05) is 39.8 Å². The van der Waals surface area contributed by atoms with Crippen LogP contribution in [0.2, 0.25) is 5.02 Å². The molecule has 1 aliphatic rings. The summed E-state index contributed by atoms with van der Waals surface area (Å²) in [5.74, 6) is 1.29. The standard InChI is InChI=1S/C9H11ClO2.C8H9F3.C2H6/c1-6-4-7(11-2)9(10)8(5-6)12-3;1-6-2-4-7(5-3-6)8(9,10)11;1-2/h4-5H,1-3H3;2,4H,3,5H2,1H3;1-2H3. The maximum Gasteiger partial charge on any atom is 0.412 e. The molecule has 6 heteroatoms. The number of alkyl halides is 3. The van der Waals surface area contributed by atoms with E-state index in [1.54, 1.807) is 14.2 Å². The number of aryl methyl sites for hydroxylation is 1. The largest absolute Gasteiger partial charge is 0.495 e. The number of benzene rings is 1. The monoisotopic (exact) mass is 378 g/mol. The zero-order valence-electron chi connectivity index (χ0n) is 15.6. The van der Waals surface area contributed by atoms with Gasteiger partial charge in [-0.15, -0.1) is 0 Å². The zero-order valence-corrected chi connectivity index (χ0v) is 16.3. The van der Waals surface area contributed by atoms with Crippen LogP contribution in [0.4, 0.5) is 13.2 Å². The van der Waals surface area contributed by atoms with E-state index in [2.05, 4.69) is 0 Å². The van der Waals surface area contributed by atoms with Crippen LogP contribution in [0.3, 0.4) is 0 Å². The van der Waals surface area contributed by atoms with E-state index in [4.69, 9.17) is 21.1 Å². The SMILES string of the molecule is CC.CC1=CC=C(C(F)(F)F)CC1.COc1cc(C)cc(OC)c1Cl. The molecule has 0 heterocycles. The van der Waals surface area contributed by atoms with Crippen LogP contribution < -0.4 is 9.47 Å². The number of allylic oxidation sites excluding steroid dienone is 4. The van der Waals surface area contributed by atoms with Gasteiger partial charge >= 0.3 is 6.18 Å². The number of hydrogen-bond donors (Lipinski definition) is 0. The summed E-state index contributed by atoms with van der Waals surface area (Å²) in [7, 11) is 3.17. The number of halogens is 4. The van der Waals surface area contributed by atoms with E-state index in [9.17, 15) is 13.2 Å². The minimum Gasteiger partial charge on any atom is -0.495 e. The van der Waals surface area contributed by atoms with Crippen LogP contribution in [-0.2, 0) is 0 Å². The van der Waals surface area contributed by atoms with Gasteiger partial charge in [-0.2, -0.15) is 13.2 Å². The second-order valence-electron chi connectivity index (χ2n) is 5.19. The lowest BCUT2D eigenvalue weighted by molar-refractivity contribution is -0.0941. The summed E-state index contributed by atoms with van der Waals surface area (Å²) in [6.07, 6.45) is -0.764. The van der Waals surface area contributed by atoms with Crippen LogP contribution in [0.25, 0.3) is 0 Å².